The number of allylic oxidation sites excluding steroid dienone is 1. The maximum absolute atomic E-state index is 13.2. The van der Waals surface area contributed by atoms with Crippen LogP contribution in [0.15, 0.2) is 63.7 Å². The Balaban J connectivity index is 1.88. The smallest absolute Gasteiger partial charge is 0.329 e. The van der Waals surface area contributed by atoms with E-state index in [0.29, 0.717) is 28.2 Å². The molecule has 3 aromatic rings. The SMILES string of the molecule is Cn1c2c(c(=O)[nH]c1=O)C(c1cccc(O)c1)C1=C(N2)c2ccccc2C1=O. The number of rotatable bonds is 1. The van der Waals surface area contributed by atoms with Gasteiger partial charge < -0.3 is 10.4 Å². The van der Waals surface area contributed by atoms with Gasteiger partial charge in [0.05, 0.1) is 11.3 Å². The van der Waals surface area contributed by atoms with E-state index in [1.165, 1.54) is 16.7 Å². The van der Waals surface area contributed by atoms with Crippen molar-refractivity contribution in [1.82, 2.24) is 9.55 Å². The van der Waals surface area contributed by atoms with E-state index in [9.17, 15) is 19.5 Å². The first-order valence-corrected chi connectivity index (χ1v) is 8.75. The van der Waals surface area contributed by atoms with Gasteiger partial charge in [0.1, 0.15) is 11.6 Å². The van der Waals surface area contributed by atoms with Crippen molar-refractivity contribution in [2.75, 3.05) is 5.32 Å². The van der Waals surface area contributed by atoms with E-state index >= 15 is 0 Å². The molecule has 0 amide bonds. The standard InChI is InChI=1S/C21H15N3O4/c1-24-19-16(20(27)23-21(24)28)14(10-5-4-6-11(25)9-10)15-17(22-19)12-7-2-3-8-13(12)18(15)26/h2-9,14,22,25H,1H3,(H,23,27,28). The zero-order chi connectivity index (χ0) is 19.6. The molecule has 0 spiro atoms. The van der Waals surface area contributed by atoms with Gasteiger partial charge in [-0.2, -0.15) is 0 Å². The number of nitrogens with zero attached hydrogens (tertiary/aromatic N) is 1. The molecular formula is C21H15N3O4. The summed E-state index contributed by atoms with van der Waals surface area (Å²) in [5, 5.41) is 13.1. The average Bonchev–Trinajstić information content (AvgIpc) is 2.97. The number of phenols is 1. The predicted molar refractivity (Wildman–Crippen MR) is 104 cm³/mol. The molecule has 2 aromatic carbocycles. The molecule has 28 heavy (non-hydrogen) atoms. The highest BCUT2D eigenvalue weighted by molar-refractivity contribution is 6.23. The molecule has 1 aliphatic carbocycles. The Labute approximate surface area is 158 Å². The molecule has 1 atom stereocenters. The second kappa shape index (κ2) is 5.56. The lowest BCUT2D eigenvalue weighted by atomic mass is 9.81. The minimum absolute atomic E-state index is 0.0314. The summed E-state index contributed by atoms with van der Waals surface area (Å²) in [6.07, 6.45) is 0. The number of aromatic nitrogens is 2. The highest BCUT2D eigenvalue weighted by atomic mass is 16.3. The molecule has 7 nitrogen and oxygen atoms in total. The van der Waals surface area contributed by atoms with E-state index in [0.717, 1.165) is 5.56 Å². The third-order valence-corrected chi connectivity index (χ3v) is 5.34. The number of carbonyl (C=O) groups is 1. The third-order valence-electron chi connectivity index (χ3n) is 5.34. The normalized spacial score (nSPS) is 17.0. The second-order valence-electron chi connectivity index (χ2n) is 6.90. The summed E-state index contributed by atoms with van der Waals surface area (Å²) in [5.74, 6) is -0.520. The van der Waals surface area contributed by atoms with Crippen molar-refractivity contribution in [1.29, 1.82) is 0 Å². The number of H-pyrrole nitrogens is 1. The van der Waals surface area contributed by atoms with E-state index < -0.39 is 17.2 Å². The number of phenolic OH excluding ortho intramolecular Hbond substituents is 1. The highest BCUT2D eigenvalue weighted by Gasteiger charge is 2.42. The molecule has 1 unspecified atom stereocenters. The third kappa shape index (κ3) is 2.07. The zero-order valence-electron chi connectivity index (χ0n) is 14.8. The minimum Gasteiger partial charge on any atom is -0.508 e. The van der Waals surface area contributed by atoms with Crippen molar-refractivity contribution in [3.8, 4) is 5.75 Å². The summed E-state index contributed by atoms with van der Waals surface area (Å²) in [4.78, 5) is 40.5. The first-order valence-electron chi connectivity index (χ1n) is 8.75. The highest BCUT2D eigenvalue weighted by Crippen LogP contribution is 2.47. The Morgan fingerprint density at radius 3 is 2.50 bits per heavy atom. The topological polar surface area (TPSA) is 104 Å². The predicted octanol–water partition coefficient (Wildman–Crippen LogP) is 1.94. The summed E-state index contributed by atoms with van der Waals surface area (Å²) in [6.45, 7) is 0. The van der Waals surface area contributed by atoms with Crippen LogP contribution in [-0.2, 0) is 7.05 Å². The molecule has 0 radical (unpaired) electrons. The van der Waals surface area contributed by atoms with Crippen LogP contribution >= 0.6 is 0 Å². The lowest BCUT2D eigenvalue weighted by Gasteiger charge is -2.29. The number of Topliss-reactive ketones (excluding diaryl/α,β-unsaturated/α-hetero) is 1. The summed E-state index contributed by atoms with van der Waals surface area (Å²) >= 11 is 0. The minimum atomic E-state index is -0.714. The molecule has 1 aliphatic heterocycles. The van der Waals surface area contributed by atoms with Gasteiger partial charge >= 0.3 is 5.69 Å². The van der Waals surface area contributed by atoms with Crippen LogP contribution in [0.4, 0.5) is 5.82 Å². The van der Waals surface area contributed by atoms with Crippen molar-refractivity contribution in [3.63, 3.8) is 0 Å². The fraction of sp³-hybridized carbons (Fsp3) is 0.0952. The lowest BCUT2D eigenvalue weighted by molar-refractivity contribution is 0.103. The molecule has 5 rings (SSSR count). The summed E-state index contributed by atoms with van der Waals surface area (Å²) in [5.41, 5.74) is 2.05. The van der Waals surface area contributed by atoms with Gasteiger partial charge in [-0.1, -0.05) is 36.4 Å². The Bertz CT molecular complexity index is 1330. The number of aromatic amines is 1. The molecule has 2 heterocycles. The van der Waals surface area contributed by atoms with Crippen LogP contribution in [0, 0.1) is 0 Å². The summed E-state index contributed by atoms with van der Waals surface area (Å²) < 4.78 is 1.32. The number of hydrogen-bond donors (Lipinski definition) is 3. The molecule has 138 valence electrons. The van der Waals surface area contributed by atoms with Gasteiger partial charge in [0.15, 0.2) is 5.78 Å². The Morgan fingerprint density at radius 1 is 1.00 bits per heavy atom. The van der Waals surface area contributed by atoms with Gasteiger partial charge in [0, 0.05) is 29.7 Å². The van der Waals surface area contributed by atoms with E-state index in [1.807, 2.05) is 12.1 Å². The fourth-order valence-corrected chi connectivity index (χ4v) is 4.07. The van der Waals surface area contributed by atoms with Crippen LogP contribution in [0.25, 0.3) is 5.70 Å². The van der Waals surface area contributed by atoms with Gasteiger partial charge in [-0.15, -0.1) is 0 Å². The van der Waals surface area contributed by atoms with E-state index in [-0.39, 0.29) is 17.1 Å². The van der Waals surface area contributed by atoms with E-state index in [1.54, 1.807) is 31.3 Å². The zero-order valence-corrected chi connectivity index (χ0v) is 14.8. The van der Waals surface area contributed by atoms with Gasteiger partial charge in [0.25, 0.3) is 5.56 Å². The van der Waals surface area contributed by atoms with Gasteiger partial charge in [0.2, 0.25) is 0 Å². The molecule has 1 aromatic heterocycles. The molecule has 0 bridgehead atoms. The second-order valence-corrected chi connectivity index (χ2v) is 6.90. The molecule has 0 saturated carbocycles. The fourth-order valence-electron chi connectivity index (χ4n) is 4.07. The Hall–Kier alpha value is -3.87. The average molecular weight is 373 g/mol. The number of benzene rings is 2. The molecular weight excluding hydrogens is 358 g/mol. The molecule has 0 saturated heterocycles. The number of ketones is 1. The number of carbonyl (C=O) groups excluding carboxylic acids is 1. The Kier molecular flexibility index (Phi) is 3.24. The maximum atomic E-state index is 13.2. The van der Waals surface area contributed by atoms with Crippen LogP contribution in [0.5, 0.6) is 5.75 Å². The molecule has 0 fully saturated rings. The van der Waals surface area contributed by atoms with Crippen LogP contribution in [-0.4, -0.2) is 20.4 Å². The summed E-state index contributed by atoms with van der Waals surface area (Å²) in [6, 6.07) is 13.7. The van der Waals surface area contributed by atoms with E-state index in [4.69, 9.17) is 0 Å². The molecule has 7 heteroatoms. The number of aromatic hydroxyl groups is 1. The number of hydrogen-bond acceptors (Lipinski definition) is 5. The Morgan fingerprint density at radius 2 is 1.75 bits per heavy atom. The largest absolute Gasteiger partial charge is 0.508 e. The van der Waals surface area contributed by atoms with Crippen molar-refractivity contribution in [2.45, 2.75) is 5.92 Å². The van der Waals surface area contributed by atoms with Gasteiger partial charge in [-0.3, -0.25) is 19.1 Å². The van der Waals surface area contributed by atoms with Crippen molar-refractivity contribution >= 4 is 17.3 Å². The van der Waals surface area contributed by atoms with Gasteiger partial charge in [-0.25, -0.2) is 4.79 Å². The first kappa shape index (κ1) is 16.3. The summed E-state index contributed by atoms with van der Waals surface area (Å²) in [7, 11) is 1.55. The van der Waals surface area contributed by atoms with Crippen molar-refractivity contribution < 1.29 is 9.90 Å². The number of anilines is 1. The monoisotopic (exact) mass is 373 g/mol. The van der Waals surface area contributed by atoms with Crippen LogP contribution in [0.3, 0.4) is 0 Å². The van der Waals surface area contributed by atoms with Crippen LogP contribution in [0.2, 0.25) is 0 Å². The molecule has 3 N–H and O–H groups in total. The maximum Gasteiger partial charge on any atom is 0.329 e. The van der Waals surface area contributed by atoms with Crippen molar-refractivity contribution in [2.24, 2.45) is 7.05 Å². The lowest BCUT2D eigenvalue weighted by Crippen LogP contribution is -2.37. The van der Waals surface area contributed by atoms with Gasteiger partial charge in [-0.05, 0) is 17.7 Å². The van der Waals surface area contributed by atoms with Crippen LogP contribution in [0.1, 0.15) is 33.0 Å². The van der Waals surface area contributed by atoms with E-state index in [2.05, 4.69) is 10.3 Å². The first-order chi connectivity index (χ1) is 13.5. The molecule has 2 aliphatic rings. The number of nitrogens with one attached hydrogen (secondary N) is 2. The quantitative estimate of drug-likeness (QED) is 0.605. The number of fused-ring (bicyclic) bond motifs is 3. The van der Waals surface area contributed by atoms with Crippen LogP contribution < -0.4 is 16.6 Å². The van der Waals surface area contributed by atoms with Crippen molar-refractivity contribution in [3.05, 3.63) is 97.2 Å².